The summed E-state index contributed by atoms with van der Waals surface area (Å²) in [4.78, 5) is 27.3. The van der Waals surface area contributed by atoms with Crippen molar-refractivity contribution in [3.05, 3.63) is 64.2 Å². The predicted octanol–water partition coefficient (Wildman–Crippen LogP) is 6.86. The average Bonchev–Trinajstić information content (AvgIpc) is 2.93. The predicted molar refractivity (Wildman–Crippen MR) is 158 cm³/mol. The van der Waals surface area contributed by atoms with Gasteiger partial charge in [-0.15, -0.1) is 0 Å². The van der Waals surface area contributed by atoms with E-state index in [0.29, 0.717) is 50.7 Å². The molecule has 2 aromatic carbocycles. The second kappa shape index (κ2) is 15.4. The number of carbonyl (C=O) groups excluding carboxylic acids is 1. The van der Waals surface area contributed by atoms with E-state index in [2.05, 4.69) is 0 Å². The molecule has 0 saturated carbocycles. The minimum absolute atomic E-state index is 0.0133. The number of thioether (sulfide) groups is 1. The molecule has 1 heterocycles. The van der Waals surface area contributed by atoms with Gasteiger partial charge in [-0.1, -0.05) is 37.1 Å². The summed E-state index contributed by atoms with van der Waals surface area (Å²) in [6, 6.07) is 9.71. The van der Waals surface area contributed by atoms with Crippen molar-refractivity contribution in [2.24, 2.45) is 5.92 Å². The number of unbranched alkanes of at least 4 members (excludes halogenated alkanes) is 1. The Hall–Kier alpha value is -3.09. The number of alkyl halides is 3. The number of benzene rings is 2. The van der Waals surface area contributed by atoms with E-state index in [1.807, 2.05) is 11.8 Å². The molecular weight excluding hydrogens is 593 g/mol. The fraction of sp³-hybridized carbons (Fsp3) is 0.448. The fourth-order valence-corrected chi connectivity index (χ4v) is 5.51. The number of rotatable bonds is 11. The Bertz CT molecular complexity index is 1290. The van der Waals surface area contributed by atoms with E-state index < -0.39 is 23.6 Å². The zero-order valence-electron chi connectivity index (χ0n) is 23.2. The number of likely N-dealkylation sites (tertiary alicyclic amines) is 1. The molecule has 13 heteroatoms. The van der Waals surface area contributed by atoms with Crippen molar-refractivity contribution in [2.45, 2.75) is 45.2 Å². The van der Waals surface area contributed by atoms with Crippen LogP contribution in [-0.4, -0.2) is 69.8 Å². The van der Waals surface area contributed by atoms with Crippen molar-refractivity contribution >= 4 is 45.5 Å². The Kier molecular flexibility index (Phi) is 12.3. The van der Waals surface area contributed by atoms with E-state index in [1.54, 1.807) is 18.2 Å². The topological polar surface area (TPSA) is 118 Å². The lowest BCUT2D eigenvalue weighted by atomic mass is 9.94. The van der Waals surface area contributed by atoms with Gasteiger partial charge in [0.15, 0.2) is 5.17 Å². The summed E-state index contributed by atoms with van der Waals surface area (Å²) in [6.45, 7) is 3.83. The number of nitrogens with zero attached hydrogens (tertiary/aromatic N) is 2. The number of carbonyl (C=O) groups is 2. The molecule has 1 fully saturated rings. The number of hydrogen-bond acceptors (Lipinski definition) is 7. The molecule has 0 radical (unpaired) electrons. The van der Waals surface area contributed by atoms with Crippen LogP contribution in [0.3, 0.4) is 0 Å². The first-order valence-corrected chi connectivity index (χ1v) is 14.8. The van der Waals surface area contributed by atoms with E-state index in [1.165, 1.54) is 23.1 Å². The van der Waals surface area contributed by atoms with Crippen LogP contribution < -0.4 is 4.74 Å². The molecule has 1 aliphatic heterocycles. The average molecular weight is 627 g/mol. The molecule has 1 amide bonds. The van der Waals surface area contributed by atoms with Gasteiger partial charge in [-0.25, -0.2) is 0 Å². The number of amides is 1. The van der Waals surface area contributed by atoms with E-state index >= 15 is 0 Å². The molecule has 0 spiro atoms. The number of piperidine rings is 1. The molecule has 2 aromatic rings. The van der Waals surface area contributed by atoms with E-state index in [9.17, 15) is 22.8 Å². The summed E-state index contributed by atoms with van der Waals surface area (Å²) in [5.74, 6) is -1.61. The molecule has 1 saturated heterocycles. The van der Waals surface area contributed by atoms with Crippen LogP contribution in [0, 0.1) is 16.7 Å². The molecule has 0 atom stereocenters. The first-order chi connectivity index (χ1) is 19.9. The highest BCUT2D eigenvalue weighted by molar-refractivity contribution is 8.26. The Labute approximate surface area is 252 Å². The molecule has 8 nitrogen and oxygen atoms in total. The van der Waals surface area contributed by atoms with Crippen molar-refractivity contribution in [1.82, 2.24) is 9.80 Å². The third-order valence-electron chi connectivity index (χ3n) is 6.91. The van der Waals surface area contributed by atoms with Crippen LogP contribution in [0.25, 0.3) is 0 Å². The molecule has 3 rings (SSSR count). The maximum absolute atomic E-state index is 14.0. The number of ether oxygens (including phenoxy) is 1. The minimum atomic E-state index is -4.74. The molecule has 1 aliphatic rings. The normalized spacial score (nSPS) is 14.4. The van der Waals surface area contributed by atoms with Gasteiger partial charge in [-0.2, -0.15) is 13.2 Å². The van der Waals surface area contributed by atoms with Crippen molar-refractivity contribution in [3.63, 3.8) is 0 Å². The highest BCUT2D eigenvalue weighted by Crippen LogP contribution is 2.37. The van der Waals surface area contributed by atoms with Gasteiger partial charge in [-0.05, 0) is 80.4 Å². The third-order valence-corrected chi connectivity index (χ3v) is 8.09. The van der Waals surface area contributed by atoms with Gasteiger partial charge in [-0.3, -0.25) is 30.2 Å². The standard InChI is InChI=1S/C29H34ClF3N4O4S/c1-2-3-12-37(27(40)21-6-4-5-7-23(21)30)28(35)42-26(34)20-8-9-24(22(18-20)29(31,32)33)41-16-15-36-13-10-19(11-14-36)17-25(38)39/h4-9,18-19,34-35H,2-3,10-17H2,1H3,(H,38,39). The van der Waals surface area contributed by atoms with Crippen LogP contribution in [0.2, 0.25) is 5.02 Å². The van der Waals surface area contributed by atoms with Gasteiger partial charge < -0.3 is 9.84 Å². The summed E-state index contributed by atoms with van der Waals surface area (Å²) in [5.41, 5.74) is -0.907. The molecule has 0 bridgehead atoms. The molecule has 228 valence electrons. The quantitative estimate of drug-likeness (QED) is 0.185. The van der Waals surface area contributed by atoms with Crippen LogP contribution in [0.1, 0.15) is 60.5 Å². The van der Waals surface area contributed by atoms with Gasteiger partial charge in [0.2, 0.25) is 0 Å². The van der Waals surface area contributed by atoms with Crippen LogP contribution in [-0.2, 0) is 11.0 Å². The van der Waals surface area contributed by atoms with Crippen LogP contribution in [0.5, 0.6) is 5.75 Å². The summed E-state index contributed by atoms with van der Waals surface area (Å²) in [5, 5.41) is 25.5. The van der Waals surface area contributed by atoms with Crippen LogP contribution in [0.4, 0.5) is 13.2 Å². The zero-order valence-corrected chi connectivity index (χ0v) is 24.7. The second-order valence-corrected chi connectivity index (χ2v) is 11.4. The van der Waals surface area contributed by atoms with Crippen molar-refractivity contribution in [2.75, 3.05) is 32.8 Å². The van der Waals surface area contributed by atoms with Crippen molar-refractivity contribution in [1.29, 1.82) is 10.8 Å². The number of nitrogens with one attached hydrogen (secondary N) is 2. The first kappa shape index (κ1) is 33.4. The summed E-state index contributed by atoms with van der Waals surface area (Å²) < 4.78 is 47.4. The fourth-order valence-electron chi connectivity index (χ4n) is 4.57. The van der Waals surface area contributed by atoms with Crippen molar-refractivity contribution in [3.8, 4) is 5.75 Å². The molecule has 3 N–H and O–H groups in total. The SMILES string of the molecule is CCCCN(C(=N)SC(=N)c1ccc(OCCN2CCC(CC(=O)O)CC2)c(C(F)(F)F)c1)C(=O)c1ccccc1Cl. The van der Waals surface area contributed by atoms with Crippen LogP contribution >= 0.6 is 23.4 Å². The lowest BCUT2D eigenvalue weighted by molar-refractivity contribution is -0.139. The van der Waals surface area contributed by atoms with Gasteiger partial charge in [0.05, 0.1) is 16.1 Å². The van der Waals surface area contributed by atoms with Gasteiger partial charge in [0.1, 0.15) is 17.4 Å². The van der Waals surface area contributed by atoms with E-state index in [4.69, 9.17) is 32.3 Å². The number of amidine groups is 1. The summed E-state index contributed by atoms with van der Waals surface area (Å²) in [6.07, 6.45) is -1.88. The highest BCUT2D eigenvalue weighted by atomic mass is 35.5. The summed E-state index contributed by atoms with van der Waals surface area (Å²) >= 11 is 6.76. The van der Waals surface area contributed by atoms with Gasteiger partial charge in [0, 0.05) is 25.1 Å². The van der Waals surface area contributed by atoms with Crippen LogP contribution in [0.15, 0.2) is 42.5 Å². The molecule has 0 aliphatic carbocycles. The first-order valence-electron chi connectivity index (χ1n) is 13.6. The minimum Gasteiger partial charge on any atom is -0.492 e. The highest BCUT2D eigenvalue weighted by Gasteiger charge is 2.35. The van der Waals surface area contributed by atoms with E-state index in [0.717, 1.165) is 12.5 Å². The number of carboxylic acid groups (broad SMARTS) is 1. The Balaban J connectivity index is 1.67. The Morgan fingerprint density at radius 2 is 1.86 bits per heavy atom. The third kappa shape index (κ3) is 9.47. The Morgan fingerprint density at radius 1 is 1.17 bits per heavy atom. The number of carboxylic acids is 1. The molecule has 42 heavy (non-hydrogen) atoms. The monoisotopic (exact) mass is 626 g/mol. The molecule has 0 unspecified atom stereocenters. The lowest BCUT2D eigenvalue weighted by Gasteiger charge is -2.31. The Morgan fingerprint density at radius 3 is 2.48 bits per heavy atom. The smallest absolute Gasteiger partial charge is 0.419 e. The number of aliphatic carboxylic acids is 1. The molecular formula is C29H34ClF3N4O4S. The second-order valence-electron chi connectivity index (χ2n) is 9.97. The van der Waals surface area contributed by atoms with Crippen molar-refractivity contribution < 1.29 is 32.6 Å². The van der Waals surface area contributed by atoms with Gasteiger partial charge >= 0.3 is 12.1 Å². The lowest BCUT2D eigenvalue weighted by Crippen LogP contribution is -2.37. The summed E-state index contributed by atoms with van der Waals surface area (Å²) in [7, 11) is 0. The largest absolute Gasteiger partial charge is 0.492 e. The van der Waals surface area contributed by atoms with Gasteiger partial charge in [0.25, 0.3) is 5.91 Å². The maximum Gasteiger partial charge on any atom is 0.419 e. The zero-order chi connectivity index (χ0) is 30.9. The van der Waals surface area contributed by atoms with E-state index in [-0.39, 0.29) is 57.6 Å². The number of halogens is 4. The molecule has 0 aromatic heterocycles. The number of hydrogen-bond donors (Lipinski definition) is 3. The maximum atomic E-state index is 14.0.